The highest BCUT2D eigenvalue weighted by molar-refractivity contribution is 7.16. The van der Waals surface area contributed by atoms with Crippen LogP contribution in [0.1, 0.15) is 27.3 Å². The molecule has 0 spiro atoms. The average Bonchev–Trinajstić information content (AvgIpc) is 3.23. The number of carbonyl (C=O) groups excluding carboxylic acids is 2. The number of aromatic nitrogens is 1. The van der Waals surface area contributed by atoms with Crippen LogP contribution in [0.25, 0.3) is 0 Å². The summed E-state index contributed by atoms with van der Waals surface area (Å²) in [6.07, 6.45) is 2.82. The number of anilines is 2. The van der Waals surface area contributed by atoms with Crippen LogP contribution in [-0.4, -0.2) is 30.1 Å². The predicted molar refractivity (Wildman–Crippen MR) is 87.2 cm³/mol. The number of rotatable bonds is 3. The Balaban J connectivity index is 1.52. The molecule has 1 aliphatic carbocycles. The van der Waals surface area contributed by atoms with E-state index in [4.69, 9.17) is 4.74 Å². The van der Waals surface area contributed by atoms with Crippen molar-refractivity contribution in [3.63, 3.8) is 0 Å². The number of nitrogens with one attached hydrogen (secondary N) is 1. The van der Waals surface area contributed by atoms with Gasteiger partial charge in [0.25, 0.3) is 5.91 Å². The number of fused-ring (bicyclic) bond motifs is 1. The van der Waals surface area contributed by atoms with Gasteiger partial charge in [0, 0.05) is 16.1 Å². The van der Waals surface area contributed by atoms with Crippen LogP contribution in [0.4, 0.5) is 15.6 Å². The first-order chi connectivity index (χ1) is 11.2. The summed E-state index contributed by atoms with van der Waals surface area (Å²) in [5.74, 6) is -0.216. The van der Waals surface area contributed by atoms with Gasteiger partial charge in [0.05, 0.1) is 12.2 Å². The fourth-order valence-corrected chi connectivity index (χ4v) is 3.90. The SMILES string of the molecule is O=C(Nc1nc2c(s1)CCC2)c1cccc(N2CCOC2=O)c1. The Hall–Kier alpha value is -2.41. The number of benzene rings is 1. The van der Waals surface area contributed by atoms with Crippen LogP contribution in [0.2, 0.25) is 0 Å². The van der Waals surface area contributed by atoms with Crippen LogP contribution in [0.5, 0.6) is 0 Å². The van der Waals surface area contributed by atoms with E-state index in [1.165, 1.54) is 9.78 Å². The first kappa shape index (κ1) is 14.2. The Bertz CT molecular complexity index is 765. The highest BCUT2D eigenvalue weighted by Crippen LogP contribution is 2.30. The van der Waals surface area contributed by atoms with Gasteiger partial charge in [-0.15, -0.1) is 11.3 Å². The lowest BCUT2D eigenvalue weighted by molar-refractivity contribution is 0.102. The quantitative estimate of drug-likeness (QED) is 0.940. The number of hydrogen-bond acceptors (Lipinski definition) is 5. The number of thiazole rings is 1. The zero-order valence-corrected chi connectivity index (χ0v) is 13.2. The third-order valence-electron chi connectivity index (χ3n) is 4.00. The summed E-state index contributed by atoms with van der Waals surface area (Å²) in [5.41, 5.74) is 2.28. The van der Waals surface area contributed by atoms with Gasteiger partial charge in [-0.2, -0.15) is 0 Å². The summed E-state index contributed by atoms with van der Waals surface area (Å²) in [6.45, 7) is 0.878. The van der Waals surface area contributed by atoms with Crippen molar-refractivity contribution in [3.05, 3.63) is 40.4 Å². The maximum atomic E-state index is 12.4. The van der Waals surface area contributed by atoms with Gasteiger partial charge in [0.2, 0.25) is 0 Å². The largest absolute Gasteiger partial charge is 0.447 e. The second-order valence-electron chi connectivity index (χ2n) is 5.51. The van der Waals surface area contributed by atoms with Crippen LogP contribution in [0.3, 0.4) is 0 Å². The van der Waals surface area contributed by atoms with E-state index in [1.54, 1.807) is 35.6 Å². The topological polar surface area (TPSA) is 71.5 Å². The summed E-state index contributed by atoms with van der Waals surface area (Å²) < 4.78 is 4.93. The van der Waals surface area contributed by atoms with Gasteiger partial charge >= 0.3 is 6.09 Å². The van der Waals surface area contributed by atoms with Crippen molar-refractivity contribution in [1.29, 1.82) is 0 Å². The molecule has 6 nitrogen and oxygen atoms in total. The molecule has 4 rings (SSSR count). The molecule has 0 radical (unpaired) electrons. The Morgan fingerprint density at radius 1 is 1.35 bits per heavy atom. The molecule has 0 saturated carbocycles. The van der Waals surface area contributed by atoms with Gasteiger partial charge < -0.3 is 4.74 Å². The van der Waals surface area contributed by atoms with Crippen molar-refractivity contribution in [2.45, 2.75) is 19.3 Å². The molecule has 1 aromatic heterocycles. The molecule has 2 heterocycles. The molecular weight excluding hydrogens is 314 g/mol. The molecule has 1 aliphatic heterocycles. The van der Waals surface area contributed by atoms with E-state index >= 15 is 0 Å². The first-order valence-corrected chi connectivity index (χ1v) is 8.36. The Labute approximate surface area is 137 Å². The standard InChI is InChI=1S/C16H15N3O3S/c20-14(18-15-17-12-5-2-6-13(12)23-15)10-3-1-4-11(9-10)19-7-8-22-16(19)21/h1,3-4,9H,2,5-8H2,(H,17,18,20). The van der Waals surface area contributed by atoms with Crippen molar-refractivity contribution in [1.82, 2.24) is 4.98 Å². The Morgan fingerprint density at radius 3 is 3.04 bits per heavy atom. The lowest BCUT2D eigenvalue weighted by Crippen LogP contribution is -2.23. The monoisotopic (exact) mass is 329 g/mol. The lowest BCUT2D eigenvalue weighted by Gasteiger charge is -2.13. The average molecular weight is 329 g/mol. The molecule has 7 heteroatoms. The van der Waals surface area contributed by atoms with Crippen LogP contribution < -0.4 is 10.2 Å². The molecule has 1 N–H and O–H groups in total. The molecule has 118 valence electrons. The van der Waals surface area contributed by atoms with E-state index in [2.05, 4.69) is 10.3 Å². The molecule has 2 aromatic rings. The van der Waals surface area contributed by atoms with Crippen molar-refractivity contribution in [3.8, 4) is 0 Å². The summed E-state index contributed by atoms with van der Waals surface area (Å²) in [5, 5.41) is 3.49. The van der Waals surface area contributed by atoms with Gasteiger partial charge in [-0.3, -0.25) is 15.0 Å². The second kappa shape index (κ2) is 5.66. The van der Waals surface area contributed by atoms with E-state index in [1.807, 2.05) is 0 Å². The molecule has 23 heavy (non-hydrogen) atoms. The van der Waals surface area contributed by atoms with Crippen molar-refractivity contribution in [2.75, 3.05) is 23.4 Å². The van der Waals surface area contributed by atoms with Gasteiger partial charge in [0.1, 0.15) is 6.61 Å². The zero-order chi connectivity index (χ0) is 15.8. The minimum Gasteiger partial charge on any atom is -0.447 e. The third-order valence-corrected chi connectivity index (χ3v) is 5.07. The number of aryl methyl sites for hydroxylation is 2. The van der Waals surface area contributed by atoms with Crippen LogP contribution in [0.15, 0.2) is 24.3 Å². The summed E-state index contributed by atoms with van der Waals surface area (Å²) in [7, 11) is 0. The van der Waals surface area contributed by atoms with Crippen LogP contribution in [0, 0.1) is 0 Å². The lowest BCUT2D eigenvalue weighted by atomic mass is 10.2. The molecule has 0 atom stereocenters. The molecule has 1 aromatic carbocycles. The number of cyclic esters (lactones) is 1. The fraction of sp³-hybridized carbons (Fsp3) is 0.312. The van der Waals surface area contributed by atoms with Crippen molar-refractivity contribution in [2.24, 2.45) is 0 Å². The normalized spacial score (nSPS) is 16.3. The minimum absolute atomic E-state index is 0.216. The van der Waals surface area contributed by atoms with E-state index in [9.17, 15) is 9.59 Å². The molecule has 1 saturated heterocycles. The number of ether oxygens (including phenoxy) is 1. The summed E-state index contributed by atoms with van der Waals surface area (Å²) >= 11 is 1.55. The minimum atomic E-state index is -0.376. The maximum Gasteiger partial charge on any atom is 0.414 e. The van der Waals surface area contributed by atoms with E-state index in [0.717, 1.165) is 25.0 Å². The van der Waals surface area contributed by atoms with Gasteiger partial charge in [-0.25, -0.2) is 9.78 Å². The summed E-state index contributed by atoms with van der Waals surface area (Å²) in [4.78, 5) is 31.3. The molecule has 1 fully saturated rings. The Morgan fingerprint density at radius 2 is 2.26 bits per heavy atom. The number of carbonyl (C=O) groups is 2. The Kier molecular flexibility index (Phi) is 3.49. The van der Waals surface area contributed by atoms with Gasteiger partial charge in [0.15, 0.2) is 5.13 Å². The zero-order valence-electron chi connectivity index (χ0n) is 12.4. The fourth-order valence-electron chi connectivity index (χ4n) is 2.86. The second-order valence-corrected chi connectivity index (χ2v) is 6.60. The van der Waals surface area contributed by atoms with E-state index < -0.39 is 0 Å². The highest BCUT2D eigenvalue weighted by atomic mass is 32.1. The highest BCUT2D eigenvalue weighted by Gasteiger charge is 2.24. The number of nitrogens with zero attached hydrogens (tertiary/aromatic N) is 2. The van der Waals surface area contributed by atoms with E-state index in [-0.39, 0.29) is 12.0 Å². The smallest absolute Gasteiger partial charge is 0.414 e. The first-order valence-electron chi connectivity index (χ1n) is 7.55. The molecule has 0 bridgehead atoms. The van der Waals surface area contributed by atoms with Crippen molar-refractivity contribution >= 4 is 34.2 Å². The summed E-state index contributed by atoms with van der Waals surface area (Å²) in [6, 6.07) is 6.98. The molecule has 2 aliphatic rings. The van der Waals surface area contributed by atoms with Crippen LogP contribution >= 0.6 is 11.3 Å². The molecule has 0 unspecified atom stereocenters. The maximum absolute atomic E-state index is 12.4. The molecular formula is C16H15N3O3S. The van der Waals surface area contributed by atoms with Gasteiger partial charge in [-0.05, 0) is 37.5 Å². The number of amides is 2. The van der Waals surface area contributed by atoms with E-state index in [0.29, 0.717) is 29.5 Å². The van der Waals surface area contributed by atoms with Crippen molar-refractivity contribution < 1.29 is 14.3 Å². The molecule has 2 amide bonds. The predicted octanol–water partition coefficient (Wildman–Crippen LogP) is 2.84. The van der Waals surface area contributed by atoms with Crippen LogP contribution in [-0.2, 0) is 17.6 Å². The number of hydrogen-bond donors (Lipinski definition) is 1. The third kappa shape index (κ3) is 2.68. The van der Waals surface area contributed by atoms with Gasteiger partial charge in [-0.1, -0.05) is 6.07 Å².